The number of esters is 2. The van der Waals surface area contributed by atoms with Crippen LogP contribution in [0.5, 0.6) is 23.0 Å². The third kappa shape index (κ3) is 30.0. The smallest absolute Gasteiger partial charge is 0.550 e. The molecule has 0 aliphatic rings. The second-order valence-electron chi connectivity index (χ2n) is 28.1. The molecule has 698 valence electrons. The number of nitrogens with zero attached hydrogens (tertiary/aromatic N) is 8. The number of amides is 2. The number of ether oxygens (including phenoxy) is 6. The third-order valence-corrected chi connectivity index (χ3v) is 27.1. The number of hydrogen-bond donors (Lipinski definition) is 3. The molecule has 37 nitrogen and oxygen atoms in total. The molecule has 0 spiro atoms. The molecule has 4 aromatic heterocycles. The number of aliphatic hydroxyl groups excluding tert-OH is 1. The van der Waals surface area contributed by atoms with Crippen molar-refractivity contribution < 1.29 is 201 Å². The van der Waals surface area contributed by atoms with Crippen LogP contribution in [0.1, 0.15) is 96.3 Å². The number of imidazole rings is 2. The standard InChI is InChI=1S/C49H49F3N6O16S3.C32H33F3N4O10S2.CH4O.2Na/c1-4-38-41(53-20-19-43(38)74-30-49(50,51)52)29-75(66)48-55-39-15-5-6-16-42(39)56(48)77(69,70)46-31(2)24-36(25-32(46)3)73-28-44(59)54-40(47(61)72-21-9-11-33-10-7-12-34(26-33)57(62)63)17-18-45(60)71-22-23-76(67,68)37-14-8-13-35(27-37)58(64)65;1-4-21-24(36-12-11-26(21)49-17-32(33,34)35)16-50(45)31-38-22-7-5-6-8-25(22)39(31)51(46,47)29-18(2)13-20(14-19(29)3)48-15-27(40)37-23(30(43)44)9-10-28(41)42;1-2;;/h5-8,10,12-16,19-20,24-27,40H,4,9,11,17-18,21-23,28-30H2,1-3H3,(H,54,59);5-8,11-14,23H,4,9-10,15-17H2,1-3H3,(H,37,40)(H,41,42)(H,43,44);2H,1H3;;/q;;;2*+1/p-2. The number of rotatable bonds is 42. The van der Waals surface area contributed by atoms with Gasteiger partial charge in [0.1, 0.15) is 35.6 Å². The number of alkyl halides is 6. The number of carboxylic acids is 2. The second-order valence-corrected chi connectivity index (χ2v) is 36.4. The number of aliphatic hydroxyl groups is 1. The molecule has 10 aromatic rings. The van der Waals surface area contributed by atoms with Crippen molar-refractivity contribution in [3.05, 3.63) is 216 Å². The number of hydrogen-bond acceptors (Lipinski definition) is 31. The van der Waals surface area contributed by atoms with E-state index in [2.05, 4.69) is 30.6 Å². The Morgan fingerprint density at radius 2 is 0.970 bits per heavy atom. The van der Waals surface area contributed by atoms with E-state index >= 15 is 0 Å². The molecule has 0 aliphatic carbocycles. The van der Waals surface area contributed by atoms with E-state index in [1.807, 2.05) is 0 Å². The molecule has 50 heteroatoms. The van der Waals surface area contributed by atoms with Crippen LogP contribution in [-0.2, 0) is 120 Å². The van der Waals surface area contributed by atoms with Crippen molar-refractivity contribution >= 4 is 121 Å². The minimum atomic E-state index is -4.66. The first-order valence-electron chi connectivity index (χ1n) is 38.8. The van der Waals surface area contributed by atoms with Gasteiger partial charge in [-0.1, -0.05) is 56.3 Å². The van der Waals surface area contributed by atoms with Gasteiger partial charge in [-0.15, -0.1) is 0 Å². The average Bonchev–Trinajstić information content (AvgIpc) is 1.58. The number of aryl methyl sites for hydroxylation is 5. The molecule has 0 saturated heterocycles. The van der Waals surface area contributed by atoms with E-state index in [0.29, 0.717) is 5.56 Å². The van der Waals surface area contributed by atoms with Gasteiger partial charge in [-0.05, 0) is 167 Å². The summed E-state index contributed by atoms with van der Waals surface area (Å²) in [4.78, 5) is 111. The minimum Gasteiger partial charge on any atom is -0.550 e. The van der Waals surface area contributed by atoms with E-state index in [9.17, 15) is 119 Å². The first-order chi connectivity index (χ1) is 61.3. The van der Waals surface area contributed by atoms with Gasteiger partial charge in [0.25, 0.3) is 43.2 Å². The van der Waals surface area contributed by atoms with E-state index in [1.165, 1.54) is 125 Å². The van der Waals surface area contributed by atoms with Crippen molar-refractivity contribution in [1.82, 2.24) is 38.5 Å². The Balaban J connectivity index is 0.000000424. The molecule has 6 aromatic carbocycles. The number of aliphatic carboxylic acids is 2. The molecule has 4 heterocycles. The summed E-state index contributed by atoms with van der Waals surface area (Å²) in [5, 5.41) is 55.0. The third-order valence-electron chi connectivity index (χ3n) is 18.7. The van der Waals surface area contributed by atoms with E-state index < -0.39 is 208 Å². The van der Waals surface area contributed by atoms with E-state index in [-0.39, 0.29) is 207 Å². The summed E-state index contributed by atoms with van der Waals surface area (Å²) >= 11 is 0. The molecule has 4 unspecified atom stereocenters. The fraction of sp³-hybridized carbons (Fsp3) is 0.341. The van der Waals surface area contributed by atoms with Crippen LogP contribution in [0.3, 0.4) is 0 Å². The van der Waals surface area contributed by atoms with E-state index in [4.69, 9.17) is 33.5 Å². The summed E-state index contributed by atoms with van der Waals surface area (Å²) < 4.78 is 223. The number of para-hydroxylation sites is 4. The average molecular weight is 1960 g/mol. The molecule has 10 rings (SSSR count). The SMILES string of the molecule is CCc1c(OCC(F)(F)F)ccnc1CS(=O)c1nc2ccccc2n1S(=O)(=O)c1c(C)cc(OCC(=O)NC(CCC(=O)OCCS(=O)(=O)c2cccc([N+](=O)[O-])c2)C(=O)OCCCc2cccc([N+](=O)[O-])c2)cc1C.CCc1c(OCC(F)(F)F)ccnc1CS(=O)c1nc2ccccc2n1S(=O)(=O)c1c(C)cc(OCC(=O)NC(CCC(=O)[O-])C(=O)[O-])cc1C.CO.[Na+].[Na+]. The van der Waals surface area contributed by atoms with Gasteiger partial charge in [-0.25, -0.2) is 48.0 Å². The number of pyridine rings is 2. The van der Waals surface area contributed by atoms with Gasteiger partial charge in [0.15, 0.2) is 36.3 Å². The number of carbonyl (C=O) groups excluding carboxylic acids is 6. The van der Waals surface area contributed by atoms with Gasteiger partial charge in [0.2, 0.25) is 10.3 Å². The number of fused-ring (bicyclic) bond motifs is 2. The molecular weight excluding hydrogens is 1880 g/mol. The van der Waals surface area contributed by atoms with Crippen LogP contribution in [0.25, 0.3) is 22.1 Å². The topological polar surface area (TPSA) is 532 Å². The van der Waals surface area contributed by atoms with Crippen molar-refractivity contribution in [3.63, 3.8) is 0 Å². The van der Waals surface area contributed by atoms with Crippen LogP contribution in [-0.4, -0.2) is 189 Å². The second kappa shape index (κ2) is 49.2. The van der Waals surface area contributed by atoms with Crippen LogP contribution in [0, 0.1) is 47.9 Å². The summed E-state index contributed by atoms with van der Waals surface area (Å²) in [5.41, 5.74) is 1.79. The first-order valence-corrected chi connectivity index (χ1v) is 46.0. The van der Waals surface area contributed by atoms with Crippen LogP contribution < -0.4 is 98.9 Å². The van der Waals surface area contributed by atoms with Crippen LogP contribution in [0.15, 0.2) is 171 Å². The molecule has 0 bridgehead atoms. The Hall–Kier alpha value is -10.9. The molecular formula is C82H84F6N10Na2O27S5. The zero-order valence-electron chi connectivity index (χ0n) is 72.0. The molecule has 132 heavy (non-hydrogen) atoms. The Morgan fingerprint density at radius 3 is 1.39 bits per heavy atom. The Morgan fingerprint density at radius 1 is 0.545 bits per heavy atom. The maximum absolute atomic E-state index is 14.7. The number of nitrogens with one attached hydrogen (secondary N) is 2. The minimum absolute atomic E-state index is 0. The summed E-state index contributed by atoms with van der Waals surface area (Å²) in [6.07, 6.45) is -8.11. The molecule has 4 atom stereocenters. The van der Waals surface area contributed by atoms with Crippen molar-refractivity contribution in [3.8, 4) is 23.0 Å². The molecule has 0 fully saturated rings. The number of sulfone groups is 1. The largest absolute Gasteiger partial charge is 1.00 e. The number of non-ortho nitro benzene ring substituents is 2. The van der Waals surface area contributed by atoms with Gasteiger partial charge in [-0.3, -0.25) is 53.0 Å². The number of nitro groups is 2. The Kier molecular flexibility index (Phi) is 40.9. The number of benzene rings is 6. The number of carbonyl (C=O) groups is 6. The maximum Gasteiger partial charge on any atom is 1.00 e. The van der Waals surface area contributed by atoms with Crippen LogP contribution in [0.2, 0.25) is 0 Å². The predicted octanol–water partition coefficient (Wildman–Crippen LogP) is 1.61. The Labute approximate surface area is 799 Å². The van der Waals surface area contributed by atoms with E-state index in [0.717, 1.165) is 33.3 Å². The van der Waals surface area contributed by atoms with Crippen molar-refractivity contribution in [1.29, 1.82) is 0 Å². The fourth-order valence-electron chi connectivity index (χ4n) is 13.1. The zero-order chi connectivity index (χ0) is 95.9. The fourth-order valence-corrected chi connectivity index (χ4v) is 21.1. The quantitative estimate of drug-likeness (QED) is 0.0122. The normalized spacial score (nSPS) is 12.4. The number of carboxylic acid groups (broad SMARTS) is 2. The molecule has 0 radical (unpaired) electrons. The molecule has 3 N–H and O–H groups in total. The van der Waals surface area contributed by atoms with Crippen molar-refractivity contribution in [2.75, 3.05) is 52.5 Å². The summed E-state index contributed by atoms with van der Waals surface area (Å²) in [6, 6.07) is 27.0. The summed E-state index contributed by atoms with van der Waals surface area (Å²) in [5.74, 6) is -8.74. The molecule has 0 aliphatic heterocycles. The van der Waals surface area contributed by atoms with Gasteiger partial charge >= 0.3 is 83.4 Å². The predicted molar refractivity (Wildman–Crippen MR) is 447 cm³/mol. The van der Waals surface area contributed by atoms with Crippen molar-refractivity contribution in [2.45, 2.75) is 154 Å². The van der Waals surface area contributed by atoms with Gasteiger partial charge in [-0.2, -0.15) is 26.3 Å². The van der Waals surface area contributed by atoms with Gasteiger partial charge < -0.3 is 64.0 Å². The summed E-state index contributed by atoms with van der Waals surface area (Å²) in [7, 11) is -16.8. The number of halogens is 6. The van der Waals surface area contributed by atoms with Crippen LogP contribution >= 0.6 is 0 Å². The van der Waals surface area contributed by atoms with Gasteiger partial charge in [0, 0.05) is 67.3 Å². The monoisotopic (exact) mass is 1960 g/mol. The maximum atomic E-state index is 14.7. The first kappa shape index (κ1) is 110. The molecule has 2 amide bonds. The summed E-state index contributed by atoms with van der Waals surface area (Å²) in [6.45, 7) is 3.64. The Bertz CT molecular complexity index is 6270. The number of nitro benzene ring substituents is 2. The van der Waals surface area contributed by atoms with E-state index in [1.54, 1.807) is 44.2 Å². The molecule has 0 saturated carbocycles. The van der Waals surface area contributed by atoms with Crippen LogP contribution in [0.4, 0.5) is 37.7 Å². The number of aromatic nitrogens is 6. The zero-order valence-corrected chi connectivity index (χ0v) is 80.1. The van der Waals surface area contributed by atoms with Crippen molar-refractivity contribution in [2.24, 2.45) is 0 Å². The van der Waals surface area contributed by atoms with Gasteiger partial charge in [0.05, 0.1) is 115 Å².